The summed E-state index contributed by atoms with van der Waals surface area (Å²) in [7, 11) is 1.72. The summed E-state index contributed by atoms with van der Waals surface area (Å²) >= 11 is 0. The third kappa shape index (κ3) is 2.24. The van der Waals surface area contributed by atoms with Crippen LogP contribution in [0.2, 0.25) is 0 Å². The van der Waals surface area contributed by atoms with E-state index in [1.54, 1.807) is 7.11 Å². The highest BCUT2D eigenvalue weighted by atomic mass is 16.5. The van der Waals surface area contributed by atoms with E-state index in [1.807, 2.05) is 0 Å². The molecular weight excluding hydrogens is 282 g/mol. The Hall–Kier alpha value is -2.22. The zero-order chi connectivity index (χ0) is 16.0. The third-order valence-electron chi connectivity index (χ3n) is 5.54. The van der Waals surface area contributed by atoms with Crippen molar-refractivity contribution in [2.24, 2.45) is 5.92 Å². The first kappa shape index (κ1) is 14.4. The summed E-state index contributed by atoms with van der Waals surface area (Å²) < 4.78 is 5.30. The highest BCUT2D eigenvalue weighted by Crippen LogP contribution is 2.50. The summed E-state index contributed by atoms with van der Waals surface area (Å²) in [6.45, 7) is 4.42. The summed E-state index contributed by atoms with van der Waals surface area (Å²) in [6, 6.07) is 13.4. The second-order valence-electron chi connectivity index (χ2n) is 6.72. The average Bonchev–Trinajstić information content (AvgIpc) is 3.07. The topological polar surface area (TPSA) is 21.3 Å². The summed E-state index contributed by atoms with van der Waals surface area (Å²) in [6.07, 6.45) is 5.88. The number of anilines is 1. The van der Waals surface area contributed by atoms with E-state index in [2.05, 4.69) is 67.7 Å². The number of benzene rings is 2. The van der Waals surface area contributed by atoms with E-state index in [0.717, 1.165) is 12.2 Å². The summed E-state index contributed by atoms with van der Waals surface area (Å²) in [5.41, 5.74) is 6.86. The lowest BCUT2D eigenvalue weighted by Gasteiger charge is -2.38. The number of nitrogens with one attached hydrogen (secondary N) is 1. The first-order chi connectivity index (χ1) is 11.2. The highest BCUT2D eigenvalue weighted by molar-refractivity contribution is 5.65. The van der Waals surface area contributed by atoms with Crippen molar-refractivity contribution in [3.05, 3.63) is 70.8 Å². The fraction of sp³-hybridized carbons (Fsp3) is 0.333. The van der Waals surface area contributed by atoms with Gasteiger partial charge in [0, 0.05) is 11.6 Å². The quantitative estimate of drug-likeness (QED) is 0.776. The van der Waals surface area contributed by atoms with Crippen molar-refractivity contribution in [1.82, 2.24) is 0 Å². The molecular formula is C21H23NO. The maximum atomic E-state index is 5.30. The molecule has 2 aromatic carbocycles. The summed E-state index contributed by atoms with van der Waals surface area (Å²) in [5, 5.41) is 3.85. The number of methoxy groups -OCH3 is 1. The maximum absolute atomic E-state index is 5.30. The van der Waals surface area contributed by atoms with Gasteiger partial charge in [0.2, 0.25) is 0 Å². The van der Waals surface area contributed by atoms with Crippen LogP contribution >= 0.6 is 0 Å². The SMILES string of the molecule is COc1ccc(C2Nc3c(ccc(C)c3C)C3C=CCC32)cc1. The van der Waals surface area contributed by atoms with Crippen LogP contribution in [0, 0.1) is 19.8 Å². The molecule has 0 fully saturated rings. The molecule has 2 nitrogen and oxygen atoms in total. The molecule has 0 saturated carbocycles. The molecule has 1 aliphatic carbocycles. The average molecular weight is 305 g/mol. The molecule has 3 atom stereocenters. The Labute approximate surface area is 138 Å². The van der Waals surface area contributed by atoms with Crippen LogP contribution in [0.3, 0.4) is 0 Å². The molecule has 1 N–H and O–H groups in total. The molecule has 0 amide bonds. The minimum absolute atomic E-state index is 0.355. The number of rotatable bonds is 2. The van der Waals surface area contributed by atoms with Crippen LogP contribution in [-0.2, 0) is 0 Å². The van der Waals surface area contributed by atoms with Gasteiger partial charge in [-0.05, 0) is 60.6 Å². The van der Waals surface area contributed by atoms with Gasteiger partial charge < -0.3 is 10.1 Å². The fourth-order valence-electron chi connectivity index (χ4n) is 4.06. The third-order valence-corrected chi connectivity index (χ3v) is 5.54. The van der Waals surface area contributed by atoms with Crippen molar-refractivity contribution >= 4 is 5.69 Å². The van der Waals surface area contributed by atoms with Gasteiger partial charge in [-0.1, -0.05) is 36.4 Å². The van der Waals surface area contributed by atoms with E-state index in [9.17, 15) is 0 Å². The molecule has 0 aromatic heterocycles. The molecule has 3 unspecified atom stereocenters. The van der Waals surface area contributed by atoms with Crippen molar-refractivity contribution in [1.29, 1.82) is 0 Å². The Morgan fingerprint density at radius 3 is 2.57 bits per heavy atom. The van der Waals surface area contributed by atoms with E-state index < -0.39 is 0 Å². The molecule has 1 aliphatic heterocycles. The molecule has 2 aromatic rings. The molecule has 0 spiro atoms. The molecule has 2 aliphatic rings. The van der Waals surface area contributed by atoms with Gasteiger partial charge in [0.15, 0.2) is 0 Å². The van der Waals surface area contributed by atoms with Crippen molar-refractivity contribution in [2.75, 3.05) is 12.4 Å². The zero-order valence-electron chi connectivity index (χ0n) is 14.0. The first-order valence-corrected chi connectivity index (χ1v) is 8.36. The molecule has 23 heavy (non-hydrogen) atoms. The van der Waals surface area contributed by atoms with Crippen LogP contribution in [0.15, 0.2) is 48.6 Å². The monoisotopic (exact) mass is 305 g/mol. The first-order valence-electron chi connectivity index (χ1n) is 8.36. The fourth-order valence-corrected chi connectivity index (χ4v) is 4.06. The zero-order valence-corrected chi connectivity index (χ0v) is 14.0. The summed E-state index contributed by atoms with van der Waals surface area (Å²) in [4.78, 5) is 0. The highest BCUT2D eigenvalue weighted by Gasteiger charge is 2.38. The lowest BCUT2D eigenvalue weighted by molar-refractivity contribution is 0.411. The molecule has 0 saturated heterocycles. The number of hydrogen-bond donors (Lipinski definition) is 1. The number of fused-ring (bicyclic) bond motifs is 3. The van der Waals surface area contributed by atoms with Crippen molar-refractivity contribution in [2.45, 2.75) is 32.2 Å². The molecule has 4 rings (SSSR count). The Kier molecular flexibility index (Phi) is 3.41. The van der Waals surface area contributed by atoms with E-state index in [1.165, 1.54) is 27.9 Å². The second-order valence-corrected chi connectivity index (χ2v) is 6.72. The van der Waals surface area contributed by atoms with Gasteiger partial charge in [0.05, 0.1) is 13.2 Å². The van der Waals surface area contributed by atoms with Gasteiger partial charge in [-0.2, -0.15) is 0 Å². The number of ether oxygens (including phenoxy) is 1. The van der Waals surface area contributed by atoms with Crippen molar-refractivity contribution in [3.8, 4) is 5.75 Å². The predicted molar refractivity (Wildman–Crippen MR) is 95.3 cm³/mol. The van der Waals surface area contributed by atoms with E-state index in [0.29, 0.717) is 17.9 Å². The Morgan fingerprint density at radius 2 is 1.83 bits per heavy atom. The van der Waals surface area contributed by atoms with E-state index >= 15 is 0 Å². The van der Waals surface area contributed by atoms with Crippen LogP contribution < -0.4 is 10.1 Å². The minimum Gasteiger partial charge on any atom is -0.497 e. The van der Waals surface area contributed by atoms with Crippen LogP contribution in [0.5, 0.6) is 5.75 Å². The van der Waals surface area contributed by atoms with Gasteiger partial charge in [-0.15, -0.1) is 0 Å². The largest absolute Gasteiger partial charge is 0.497 e. The van der Waals surface area contributed by atoms with Crippen molar-refractivity contribution in [3.63, 3.8) is 0 Å². The standard InChI is InChI=1S/C21H23NO/c1-13-7-12-19-17-5-4-6-18(17)21(22-20(19)14(13)2)15-8-10-16(23-3)11-9-15/h4-5,7-12,17-18,21-22H,6H2,1-3H3. The molecule has 0 bridgehead atoms. The van der Waals surface area contributed by atoms with E-state index in [-0.39, 0.29) is 0 Å². The number of allylic oxidation sites excluding steroid dienone is 2. The second kappa shape index (κ2) is 5.45. The van der Waals surface area contributed by atoms with Crippen molar-refractivity contribution < 1.29 is 4.74 Å². The smallest absolute Gasteiger partial charge is 0.118 e. The van der Waals surface area contributed by atoms with E-state index in [4.69, 9.17) is 4.74 Å². The summed E-state index contributed by atoms with van der Waals surface area (Å²) in [5.74, 6) is 2.04. The van der Waals surface area contributed by atoms with Crippen LogP contribution in [0.25, 0.3) is 0 Å². The van der Waals surface area contributed by atoms with Gasteiger partial charge in [-0.3, -0.25) is 0 Å². The van der Waals surface area contributed by atoms with Gasteiger partial charge in [0.1, 0.15) is 5.75 Å². The molecule has 2 heteroatoms. The lowest BCUT2D eigenvalue weighted by Crippen LogP contribution is -2.29. The number of hydrogen-bond acceptors (Lipinski definition) is 2. The predicted octanol–water partition coefficient (Wildman–Crippen LogP) is 5.14. The minimum atomic E-state index is 0.355. The van der Waals surface area contributed by atoms with Crippen LogP contribution in [-0.4, -0.2) is 7.11 Å². The Balaban J connectivity index is 1.78. The maximum Gasteiger partial charge on any atom is 0.118 e. The van der Waals surface area contributed by atoms with Crippen LogP contribution in [0.4, 0.5) is 5.69 Å². The molecule has 1 heterocycles. The van der Waals surface area contributed by atoms with Crippen LogP contribution in [0.1, 0.15) is 40.6 Å². The lowest BCUT2D eigenvalue weighted by atomic mass is 9.76. The van der Waals surface area contributed by atoms with Gasteiger partial charge in [0.25, 0.3) is 0 Å². The normalized spacial score (nSPS) is 24.7. The molecule has 0 radical (unpaired) electrons. The molecule has 118 valence electrons. The van der Waals surface area contributed by atoms with Gasteiger partial charge in [-0.25, -0.2) is 0 Å². The Morgan fingerprint density at radius 1 is 1.04 bits per heavy atom. The number of aryl methyl sites for hydroxylation is 1. The Bertz CT molecular complexity index is 760. The van der Waals surface area contributed by atoms with Gasteiger partial charge >= 0.3 is 0 Å².